The van der Waals surface area contributed by atoms with Gasteiger partial charge in [0.1, 0.15) is 17.7 Å². The van der Waals surface area contributed by atoms with Crippen LogP contribution in [0, 0.1) is 11.6 Å². The van der Waals surface area contributed by atoms with Gasteiger partial charge in [-0.15, -0.1) is 0 Å². The van der Waals surface area contributed by atoms with Crippen LogP contribution in [-0.2, 0) is 11.2 Å². The summed E-state index contributed by atoms with van der Waals surface area (Å²) >= 11 is 0. The highest BCUT2D eigenvalue weighted by Gasteiger charge is 2.19. The molecule has 5 nitrogen and oxygen atoms in total. The number of hydrogen-bond acceptors (Lipinski definition) is 2. The van der Waals surface area contributed by atoms with Crippen molar-refractivity contribution in [1.82, 2.24) is 5.32 Å². The standard InChI is InChI=1S/C16H15F2N3O2/c17-11-6-7-13(12(18)9-11)20-16(23)21-14(15(19)22)8-10-4-2-1-3-5-10/h1-7,9,14H,8H2,(H2,19,22)(H2,20,21,23)/t14-/m0/s1. The Morgan fingerprint density at radius 1 is 1.09 bits per heavy atom. The molecule has 4 N–H and O–H groups in total. The summed E-state index contributed by atoms with van der Waals surface area (Å²) in [5, 5.41) is 4.58. The second-order valence-corrected chi connectivity index (χ2v) is 4.87. The lowest BCUT2D eigenvalue weighted by atomic mass is 10.1. The van der Waals surface area contributed by atoms with E-state index in [1.807, 2.05) is 6.07 Å². The highest BCUT2D eigenvalue weighted by Crippen LogP contribution is 2.14. The molecular formula is C16H15F2N3O2. The molecule has 2 rings (SSSR count). The number of nitrogens with two attached hydrogens (primary N) is 1. The lowest BCUT2D eigenvalue weighted by Gasteiger charge is -2.16. The molecule has 1 atom stereocenters. The minimum Gasteiger partial charge on any atom is -0.368 e. The van der Waals surface area contributed by atoms with Crippen LogP contribution in [0.2, 0.25) is 0 Å². The van der Waals surface area contributed by atoms with Crippen LogP contribution in [0.1, 0.15) is 5.56 Å². The molecule has 0 heterocycles. The van der Waals surface area contributed by atoms with E-state index < -0.39 is 29.6 Å². The van der Waals surface area contributed by atoms with E-state index in [4.69, 9.17) is 5.73 Å². The van der Waals surface area contributed by atoms with Crippen LogP contribution < -0.4 is 16.4 Å². The smallest absolute Gasteiger partial charge is 0.319 e. The van der Waals surface area contributed by atoms with E-state index in [-0.39, 0.29) is 12.1 Å². The Kier molecular flexibility index (Phi) is 5.24. The van der Waals surface area contributed by atoms with Gasteiger partial charge in [0, 0.05) is 12.5 Å². The van der Waals surface area contributed by atoms with Gasteiger partial charge in [0.15, 0.2) is 0 Å². The van der Waals surface area contributed by atoms with Crippen molar-refractivity contribution >= 4 is 17.6 Å². The van der Waals surface area contributed by atoms with Crippen molar-refractivity contribution in [2.24, 2.45) is 5.73 Å². The highest BCUT2D eigenvalue weighted by atomic mass is 19.1. The molecule has 23 heavy (non-hydrogen) atoms. The van der Waals surface area contributed by atoms with Gasteiger partial charge in [-0.1, -0.05) is 30.3 Å². The van der Waals surface area contributed by atoms with Crippen molar-refractivity contribution in [1.29, 1.82) is 0 Å². The van der Waals surface area contributed by atoms with Crippen LogP contribution in [0.15, 0.2) is 48.5 Å². The molecule has 3 amide bonds. The molecule has 7 heteroatoms. The fourth-order valence-electron chi connectivity index (χ4n) is 1.98. The lowest BCUT2D eigenvalue weighted by Crippen LogP contribution is -2.47. The van der Waals surface area contributed by atoms with E-state index >= 15 is 0 Å². The molecule has 0 spiro atoms. The van der Waals surface area contributed by atoms with Crippen molar-refractivity contribution in [2.75, 3.05) is 5.32 Å². The van der Waals surface area contributed by atoms with E-state index in [2.05, 4.69) is 10.6 Å². The monoisotopic (exact) mass is 319 g/mol. The van der Waals surface area contributed by atoms with Gasteiger partial charge in [-0.3, -0.25) is 4.79 Å². The number of urea groups is 1. The molecule has 120 valence electrons. The molecule has 2 aromatic carbocycles. The number of primary amides is 1. The molecule has 0 fully saturated rings. The predicted molar refractivity (Wildman–Crippen MR) is 81.6 cm³/mol. The zero-order valence-electron chi connectivity index (χ0n) is 12.1. The Balaban J connectivity index is 2.02. The Morgan fingerprint density at radius 2 is 1.78 bits per heavy atom. The second kappa shape index (κ2) is 7.35. The summed E-state index contributed by atoms with van der Waals surface area (Å²) < 4.78 is 26.3. The number of carbonyl (C=O) groups is 2. The first-order valence-corrected chi connectivity index (χ1v) is 6.81. The van der Waals surface area contributed by atoms with Crippen LogP contribution in [0.25, 0.3) is 0 Å². The van der Waals surface area contributed by atoms with Gasteiger partial charge in [0.2, 0.25) is 5.91 Å². The van der Waals surface area contributed by atoms with Crippen molar-refractivity contribution in [3.63, 3.8) is 0 Å². The summed E-state index contributed by atoms with van der Waals surface area (Å²) in [7, 11) is 0. The molecule has 0 saturated carbocycles. The molecule has 0 aliphatic rings. The number of halogens is 2. The molecule has 0 aliphatic heterocycles. The average Bonchev–Trinajstić information content (AvgIpc) is 2.50. The Morgan fingerprint density at radius 3 is 2.39 bits per heavy atom. The molecule has 0 saturated heterocycles. The number of hydrogen-bond donors (Lipinski definition) is 3. The first-order chi connectivity index (χ1) is 11.0. The summed E-state index contributed by atoms with van der Waals surface area (Å²) in [5.74, 6) is -2.39. The van der Waals surface area contributed by atoms with Crippen molar-refractivity contribution in [2.45, 2.75) is 12.5 Å². The first-order valence-electron chi connectivity index (χ1n) is 6.81. The number of rotatable bonds is 5. The largest absolute Gasteiger partial charge is 0.368 e. The van der Waals surface area contributed by atoms with Gasteiger partial charge < -0.3 is 16.4 Å². The van der Waals surface area contributed by atoms with E-state index in [9.17, 15) is 18.4 Å². The summed E-state index contributed by atoms with van der Waals surface area (Å²) in [6, 6.07) is 9.95. The third-order valence-corrected chi connectivity index (χ3v) is 3.11. The van der Waals surface area contributed by atoms with Crippen molar-refractivity contribution < 1.29 is 18.4 Å². The van der Waals surface area contributed by atoms with E-state index in [0.29, 0.717) is 6.07 Å². The normalized spacial score (nSPS) is 11.6. The van der Waals surface area contributed by atoms with Crippen LogP contribution in [0.4, 0.5) is 19.3 Å². The van der Waals surface area contributed by atoms with Crippen molar-refractivity contribution in [3.05, 3.63) is 65.7 Å². The molecule has 0 aromatic heterocycles. The van der Waals surface area contributed by atoms with Gasteiger partial charge in [-0.25, -0.2) is 13.6 Å². The fraction of sp³-hybridized carbons (Fsp3) is 0.125. The van der Waals surface area contributed by atoms with E-state index in [0.717, 1.165) is 17.7 Å². The SMILES string of the molecule is NC(=O)[C@H](Cc1ccccc1)NC(=O)Nc1ccc(F)cc1F. The number of amides is 3. The minimum absolute atomic E-state index is 0.202. The summed E-state index contributed by atoms with van der Waals surface area (Å²) in [6.07, 6.45) is 0.204. The zero-order chi connectivity index (χ0) is 16.8. The van der Waals surface area contributed by atoms with Gasteiger partial charge >= 0.3 is 6.03 Å². The maximum atomic E-state index is 13.5. The minimum atomic E-state index is -0.957. The van der Waals surface area contributed by atoms with Crippen LogP contribution in [0.5, 0.6) is 0 Å². The third-order valence-electron chi connectivity index (χ3n) is 3.11. The van der Waals surface area contributed by atoms with Gasteiger partial charge in [0.25, 0.3) is 0 Å². The highest BCUT2D eigenvalue weighted by molar-refractivity contribution is 5.93. The second-order valence-electron chi connectivity index (χ2n) is 4.87. The predicted octanol–water partition coefficient (Wildman–Crippen LogP) is 2.18. The number of anilines is 1. The van der Waals surface area contributed by atoms with E-state index in [1.165, 1.54) is 0 Å². The van der Waals surface area contributed by atoms with E-state index in [1.54, 1.807) is 24.3 Å². The van der Waals surface area contributed by atoms with Gasteiger partial charge in [-0.2, -0.15) is 0 Å². The molecule has 0 aliphatic carbocycles. The topological polar surface area (TPSA) is 84.2 Å². The third kappa shape index (κ3) is 4.77. The van der Waals surface area contributed by atoms with Gasteiger partial charge in [0.05, 0.1) is 5.69 Å². The maximum Gasteiger partial charge on any atom is 0.319 e. The lowest BCUT2D eigenvalue weighted by molar-refractivity contribution is -0.119. The fourth-order valence-corrected chi connectivity index (χ4v) is 1.98. The number of carbonyl (C=O) groups excluding carboxylic acids is 2. The summed E-state index contributed by atoms with van der Waals surface area (Å²) in [5.41, 5.74) is 5.88. The Labute approximate surface area is 131 Å². The molecule has 2 aromatic rings. The van der Waals surface area contributed by atoms with Gasteiger partial charge in [-0.05, 0) is 17.7 Å². The Bertz CT molecular complexity index is 708. The first kappa shape index (κ1) is 16.4. The zero-order valence-corrected chi connectivity index (χ0v) is 12.1. The van der Waals surface area contributed by atoms with Crippen molar-refractivity contribution in [3.8, 4) is 0 Å². The molecular weight excluding hydrogens is 304 g/mol. The molecule has 0 bridgehead atoms. The van der Waals surface area contributed by atoms with Crippen LogP contribution >= 0.6 is 0 Å². The maximum absolute atomic E-state index is 13.5. The van der Waals surface area contributed by atoms with Crippen LogP contribution in [-0.4, -0.2) is 18.0 Å². The summed E-state index contributed by atoms with van der Waals surface area (Å²) in [4.78, 5) is 23.3. The van der Waals surface area contributed by atoms with Crippen LogP contribution in [0.3, 0.4) is 0 Å². The Hall–Kier alpha value is -2.96. The number of benzene rings is 2. The molecule has 0 unspecified atom stereocenters. The molecule has 0 radical (unpaired) electrons. The summed E-state index contributed by atoms with van der Waals surface area (Å²) in [6.45, 7) is 0. The quantitative estimate of drug-likeness (QED) is 0.789. The average molecular weight is 319 g/mol. The number of nitrogens with one attached hydrogen (secondary N) is 2.